The van der Waals surface area contributed by atoms with E-state index in [2.05, 4.69) is 15.5 Å². The molecule has 8 nitrogen and oxygen atoms in total. The highest BCUT2D eigenvalue weighted by molar-refractivity contribution is 5.99. The highest BCUT2D eigenvalue weighted by Crippen LogP contribution is 2.09. The first-order valence-corrected chi connectivity index (χ1v) is 5.16. The van der Waals surface area contributed by atoms with Crippen molar-refractivity contribution in [2.75, 3.05) is 0 Å². The summed E-state index contributed by atoms with van der Waals surface area (Å²) in [6, 6.07) is -1.34. The van der Waals surface area contributed by atoms with E-state index in [-0.39, 0.29) is 5.56 Å². The lowest BCUT2D eigenvalue weighted by molar-refractivity contribution is -0.140. The maximum atomic E-state index is 11.9. The lowest BCUT2D eigenvalue weighted by Crippen LogP contribution is -2.43. The van der Waals surface area contributed by atoms with Gasteiger partial charge in [-0.15, -0.1) is 0 Å². The number of aliphatic carboxylic acids is 1. The Hall–Kier alpha value is -2.38. The molecule has 8 heteroatoms. The number of nitrogens with one attached hydrogen (secondary N) is 2. The summed E-state index contributed by atoms with van der Waals surface area (Å²) in [6.45, 7) is 3.25. The molecule has 98 valence electrons. The van der Waals surface area contributed by atoms with Crippen LogP contribution in [-0.4, -0.2) is 39.1 Å². The minimum atomic E-state index is -1.34. The maximum absolute atomic E-state index is 11.9. The Labute approximate surface area is 103 Å². The van der Waals surface area contributed by atoms with E-state index in [1.54, 1.807) is 13.8 Å². The fourth-order valence-corrected chi connectivity index (χ4v) is 1.52. The number of carbonyl (C=O) groups excluding carboxylic acids is 2. The summed E-state index contributed by atoms with van der Waals surface area (Å²) in [5.74, 6) is -2.73. The van der Waals surface area contributed by atoms with E-state index in [0.717, 1.165) is 0 Å². The molecule has 1 rings (SSSR count). The van der Waals surface area contributed by atoms with Crippen molar-refractivity contribution in [3.63, 3.8) is 0 Å². The van der Waals surface area contributed by atoms with Crippen molar-refractivity contribution in [1.29, 1.82) is 0 Å². The number of hydrogen-bond acceptors (Lipinski definition) is 4. The van der Waals surface area contributed by atoms with Crippen LogP contribution in [0.5, 0.6) is 0 Å². The van der Waals surface area contributed by atoms with Crippen molar-refractivity contribution in [2.24, 2.45) is 5.73 Å². The third-order valence-electron chi connectivity index (χ3n) is 2.36. The van der Waals surface area contributed by atoms with Gasteiger partial charge in [-0.25, -0.2) is 4.79 Å². The highest BCUT2D eigenvalue weighted by atomic mass is 16.4. The quantitative estimate of drug-likeness (QED) is 0.538. The lowest BCUT2D eigenvalue weighted by atomic mass is 10.1. The van der Waals surface area contributed by atoms with Crippen LogP contribution in [0.4, 0.5) is 0 Å². The summed E-state index contributed by atoms with van der Waals surface area (Å²) in [7, 11) is 0. The lowest BCUT2D eigenvalue weighted by Gasteiger charge is -2.12. The largest absolute Gasteiger partial charge is 0.480 e. The van der Waals surface area contributed by atoms with Crippen LogP contribution in [0.1, 0.15) is 28.2 Å². The summed E-state index contributed by atoms with van der Waals surface area (Å²) in [5.41, 5.74) is 6.16. The zero-order chi connectivity index (χ0) is 13.9. The Morgan fingerprint density at radius 1 is 1.44 bits per heavy atom. The van der Waals surface area contributed by atoms with Gasteiger partial charge in [0.05, 0.1) is 17.7 Å². The number of aromatic nitrogens is 2. The average Bonchev–Trinajstić information content (AvgIpc) is 2.56. The first kappa shape index (κ1) is 13.7. The number of carboxylic acid groups (broad SMARTS) is 1. The Kier molecular flexibility index (Phi) is 4.03. The zero-order valence-electron chi connectivity index (χ0n) is 9.98. The van der Waals surface area contributed by atoms with Gasteiger partial charge in [0.1, 0.15) is 6.04 Å². The van der Waals surface area contributed by atoms with Gasteiger partial charge in [-0.2, -0.15) is 5.10 Å². The molecule has 0 saturated heterocycles. The van der Waals surface area contributed by atoms with Gasteiger partial charge in [0, 0.05) is 5.69 Å². The van der Waals surface area contributed by atoms with Crippen LogP contribution >= 0.6 is 0 Å². The van der Waals surface area contributed by atoms with Crippen LogP contribution in [-0.2, 0) is 9.59 Å². The molecule has 0 aliphatic rings. The maximum Gasteiger partial charge on any atom is 0.326 e. The average molecular weight is 254 g/mol. The number of aryl methyl sites for hydroxylation is 2. The molecule has 1 unspecified atom stereocenters. The predicted molar refractivity (Wildman–Crippen MR) is 60.8 cm³/mol. The van der Waals surface area contributed by atoms with E-state index in [1.807, 2.05) is 0 Å². The SMILES string of the molecule is Cc1n[nH]c(C)c1C(=O)NC(CC(N)=O)C(=O)O. The first-order valence-electron chi connectivity index (χ1n) is 5.16. The van der Waals surface area contributed by atoms with E-state index >= 15 is 0 Å². The molecule has 18 heavy (non-hydrogen) atoms. The second-order valence-corrected chi connectivity index (χ2v) is 3.84. The molecule has 0 aromatic carbocycles. The second-order valence-electron chi connectivity index (χ2n) is 3.84. The van der Waals surface area contributed by atoms with Gasteiger partial charge in [-0.05, 0) is 13.8 Å². The van der Waals surface area contributed by atoms with Gasteiger partial charge < -0.3 is 16.2 Å². The smallest absolute Gasteiger partial charge is 0.326 e. The molecule has 0 radical (unpaired) electrons. The van der Waals surface area contributed by atoms with Crippen molar-refractivity contribution in [3.8, 4) is 0 Å². The molecule has 1 atom stereocenters. The molecule has 0 aliphatic carbocycles. The molecule has 0 aliphatic heterocycles. The number of amides is 2. The molecule has 1 heterocycles. The highest BCUT2D eigenvalue weighted by Gasteiger charge is 2.25. The number of hydrogen-bond donors (Lipinski definition) is 4. The van der Waals surface area contributed by atoms with E-state index in [4.69, 9.17) is 10.8 Å². The minimum absolute atomic E-state index is 0.269. The number of carbonyl (C=O) groups is 3. The monoisotopic (exact) mass is 254 g/mol. The first-order chi connectivity index (χ1) is 8.32. The van der Waals surface area contributed by atoms with E-state index < -0.39 is 30.2 Å². The Morgan fingerprint density at radius 3 is 2.44 bits per heavy atom. The van der Waals surface area contributed by atoms with Crippen molar-refractivity contribution in [2.45, 2.75) is 26.3 Å². The summed E-state index contributed by atoms with van der Waals surface area (Å²) in [6.07, 6.45) is -0.461. The number of primary amides is 1. The Morgan fingerprint density at radius 2 is 2.06 bits per heavy atom. The summed E-state index contributed by atoms with van der Waals surface area (Å²) >= 11 is 0. The van der Waals surface area contributed by atoms with E-state index in [1.165, 1.54) is 0 Å². The van der Waals surface area contributed by atoms with Crippen LogP contribution in [0, 0.1) is 13.8 Å². The minimum Gasteiger partial charge on any atom is -0.480 e. The standard InChI is InChI=1S/C10H14N4O4/c1-4-8(5(2)14-13-4)9(16)12-6(10(17)18)3-7(11)15/h6H,3H2,1-2H3,(H2,11,15)(H,12,16)(H,13,14)(H,17,18). The summed E-state index contributed by atoms with van der Waals surface area (Å²) < 4.78 is 0. The molecule has 1 aromatic rings. The molecule has 0 bridgehead atoms. The van der Waals surface area contributed by atoms with Crippen molar-refractivity contribution in [1.82, 2.24) is 15.5 Å². The summed E-state index contributed by atoms with van der Waals surface area (Å²) in [4.78, 5) is 33.4. The Bertz CT molecular complexity index is 475. The molecular formula is C10H14N4O4. The zero-order valence-corrected chi connectivity index (χ0v) is 9.98. The predicted octanol–water partition coefficient (Wildman–Crippen LogP) is -0.915. The van der Waals surface area contributed by atoms with Crippen LogP contribution in [0.2, 0.25) is 0 Å². The third kappa shape index (κ3) is 3.06. The molecular weight excluding hydrogens is 240 g/mol. The van der Waals surface area contributed by atoms with Crippen molar-refractivity contribution in [3.05, 3.63) is 17.0 Å². The van der Waals surface area contributed by atoms with Gasteiger partial charge in [0.15, 0.2) is 0 Å². The van der Waals surface area contributed by atoms with Gasteiger partial charge in [-0.1, -0.05) is 0 Å². The van der Waals surface area contributed by atoms with Crippen LogP contribution in [0.15, 0.2) is 0 Å². The number of aromatic amines is 1. The van der Waals surface area contributed by atoms with Crippen molar-refractivity contribution >= 4 is 17.8 Å². The number of nitrogens with zero attached hydrogens (tertiary/aromatic N) is 1. The number of rotatable bonds is 5. The van der Waals surface area contributed by atoms with E-state index in [0.29, 0.717) is 11.4 Å². The fraction of sp³-hybridized carbons (Fsp3) is 0.400. The Balaban J connectivity index is 2.85. The van der Waals surface area contributed by atoms with Gasteiger partial charge >= 0.3 is 5.97 Å². The molecule has 1 aromatic heterocycles. The topological polar surface area (TPSA) is 138 Å². The number of H-pyrrole nitrogens is 1. The number of carboxylic acids is 1. The summed E-state index contributed by atoms with van der Waals surface area (Å²) in [5, 5.41) is 17.5. The molecule has 0 fully saturated rings. The molecule has 5 N–H and O–H groups in total. The number of nitrogens with two attached hydrogens (primary N) is 1. The van der Waals surface area contributed by atoms with Crippen LogP contribution in [0.25, 0.3) is 0 Å². The van der Waals surface area contributed by atoms with Crippen LogP contribution in [0.3, 0.4) is 0 Å². The second kappa shape index (κ2) is 5.30. The fourth-order valence-electron chi connectivity index (χ4n) is 1.52. The molecule has 0 saturated carbocycles. The molecule has 2 amide bonds. The van der Waals surface area contributed by atoms with Gasteiger partial charge in [-0.3, -0.25) is 14.7 Å². The molecule has 0 spiro atoms. The van der Waals surface area contributed by atoms with E-state index in [9.17, 15) is 14.4 Å². The normalized spacial score (nSPS) is 11.9. The van der Waals surface area contributed by atoms with Crippen molar-refractivity contribution < 1.29 is 19.5 Å². The third-order valence-corrected chi connectivity index (χ3v) is 2.36. The van der Waals surface area contributed by atoms with Crippen LogP contribution < -0.4 is 11.1 Å². The van der Waals surface area contributed by atoms with Gasteiger partial charge in [0.2, 0.25) is 5.91 Å². The van der Waals surface area contributed by atoms with Gasteiger partial charge in [0.25, 0.3) is 5.91 Å².